The number of nitrogens with zero attached hydrogens (tertiary/aromatic N) is 1. The number of rotatable bonds is 8. The molecule has 0 spiro atoms. The SMILES string of the molecule is CC(C)OC(=O)[C@H](C)NP(=O)(Oc1ccccc1)Oc1ccc(C#N)cc1. The normalized spacial score (nSPS) is 13.9. The monoisotopic (exact) mass is 388 g/mol. The van der Waals surface area contributed by atoms with Gasteiger partial charge in [-0.25, -0.2) is 4.57 Å². The first-order valence-electron chi connectivity index (χ1n) is 8.34. The molecule has 2 aromatic carbocycles. The van der Waals surface area contributed by atoms with E-state index in [-0.39, 0.29) is 11.9 Å². The molecule has 0 saturated heterocycles. The Balaban J connectivity index is 2.22. The Morgan fingerprint density at radius 3 is 2.07 bits per heavy atom. The highest BCUT2D eigenvalue weighted by atomic mass is 31.2. The van der Waals surface area contributed by atoms with Gasteiger partial charge < -0.3 is 13.8 Å². The summed E-state index contributed by atoms with van der Waals surface area (Å²) in [7, 11) is -3.97. The van der Waals surface area contributed by atoms with Gasteiger partial charge >= 0.3 is 13.7 Å². The average Bonchev–Trinajstić information content (AvgIpc) is 2.62. The molecule has 0 aliphatic carbocycles. The fraction of sp³-hybridized carbons (Fsp3) is 0.263. The molecular weight excluding hydrogens is 367 g/mol. The van der Waals surface area contributed by atoms with Crippen LogP contribution in [0.25, 0.3) is 0 Å². The minimum atomic E-state index is -3.97. The third-order valence-electron chi connectivity index (χ3n) is 3.23. The Kier molecular flexibility index (Phi) is 7.00. The minimum absolute atomic E-state index is 0.227. The molecule has 0 fully saturated rings. The van der Waals surface area contributed by atoms with E-state index < -0.39 is 19.8 Å². The van der Waals surface area contributed by atoms with E-state index in [4.69, 9.17) is 19.0 Å². The number of benzene rings is 2. The summed E-state index contributed by atoms with van der Waals surface area (Å²) in [5.41, 5.74) is 0.433. The van der Waals surface area contributed by atoms with Gasteiger partial charge in [-0.2, -0.15) is 10.3 Å². The number of carbonyl (C=O) groups excluding carboxylic acids is 1. The third kappa shape index (κ3) is 6.45. The second-order valence-electron chi connectivity index (χ2n) is 5.97. The van der Waals surface area contributed by atoms with E-state index >= 15 is 0 Å². The fourth-order valence-corrected chi connectivity index (χ4v) is 3.57. The first-order valence-corrected chi connectivity index (χ1v) is 9.88. The van der Waals surface area contributed by atoms with E-state index in [1.807, 2.05) is 6.07 Å². The Labute approximate surface area is 158 Å². The van der Waals surface area contributed by atoms with Gasteiger partial charge in [-0.3, -0.25) is 4.79 Å². The molecule has 8 heteroatoms. The molecule has 0 bridgehead atoms. The number of hydrogen-bond donors (Lipinski definition) is 1. The zero-order chi connectivity index (χ0) is 19.9. The smallest absolute Gasteiger partial charge is 0.462 e. The van der Waals surface area contributed by atoms with Crippen molar-refractivity contribution in [2.45, 2.75) is 32.9 Å². The molecule has 1 N–H and O–H groups in total. The van der Waals surface area contributed by atoms with Crippen molar-refractivity contribution in [3.05, 3.63) is 60.2 Å². The molecule has 142 valence electrons. The summed E-state index contributed by atoms with van der Waals surface area (Å²) < 4.78 is 29.5. The molecule has 0 aliphatic rings. The fourth-order valence-electron chi connectivity index (χ4n) is 2.04. The van der Waals surface area contributed by atoms with Crippen LogP contribution >= 0.6 is 7.75 Å². The van der Waals surface area contributed by atoms with Gasteiger partial charge in [-0.1, -0.05) is 18.2 Å². The number of hydrogen-bond acceptors (Lipinski definition) is 6. The first kappa shape index (κ1) is 20.5. The first-order chi connectivity index (χ1) is 12.8. The van der Waals surface area contributed by atoms with Crippen LogP contribution in [0.4, 0.5) is 0 Å². The number of nitriles is 1. The van der Waals surface area contributed by atoms with Gasteiger partial charge in [0.2, 0.25) is 0 Å². The lowest BCUT2D eigenvalue weighted by molar-refractivity contribution is -0.149. The van der Waals surface area contributed by atoms with E-state index in [9.17, 15) is 9.36 Å². The maximum absolute atomic E-state index is 13.3. The summed E-state index contributed by atoms with van der Waals surface area (Å²) in [5, 5.41) is 11.5. The molecule has 2 atom stereocenters. The summed E-state index contributed by atoms with van der Waals surface area (Å²) >= 11 is 0. The van der Waals surface area contributed by atoms with Gasteiger partial charge in [0.25, 0.3) is 0 Å². The highest BCUT2D eigenvalue weighted by molar-refractivity contribution is 7.52. The molecule has 0 amide bonds. The maximum atomic E-state index is 13.3. The lowest BCUT2D eigenvalue weighted by atomic mass is 10.2. The lowest BCUT2D eigenvalue weighted by Gasteiger charge is -2.23. The summed E-state index contributed by atoms with van der Waals surface area (Å²) in [4.78, 5) is 12.1. The number of ether oxygens (including phenoxy) is 1. The van der Waals surface area contributed by atoms with Gasteiger partial charge in [-0.15, -0.1) is 0 Å². The molecule has 0 aromatic heterocycles. The second kappa shape index (κ2) is 9.22. The van der Waals surface area contributed by atoms with Crippen molar-refractivity contribution in [2.75, 3.05) is 0 Å². The number of esters is 1. The van der Waals surface area contributed by atoms with Crippen molar-refractivity contribution in [2.24, 2.45) is 0 Å². The van der Waals surface area contributed by atoms with Crippen LogP contribution in [-0.4, -0.2) is 18.1 Å². The van der Waals surface area contributed by atoms with Crippen molar-refractivity contribution in [1.29, 1.82) is 5.26 Å². The van der Waals surface area contributed by atoms with E-state index in [1.165, 1.54) is 31.2 Å². The van der Waals surface area contributed by atoms with Crippen LogP contribution < -0.4 is 14.1 Å². The topological polar surface area (TPSA) is 97.7 Å². The predicted molar refractivity (Wildman–Crippen MR) is 100 cm³/mol. The van der Waals surface area contributed by atoms with Gasteiger partial charge in [0.1, 0.15) is 17.5 Å². The molecule has 0 radical (unpaired) electrons. The van der Waals surface area contributed by atoms with Crippen molar-refractivity contribution in [3.63, 3.8) is 0 Å². The van der Waals surface area contributed by atoms with Crippen molar-refractivity contribution < 1.29 is 23.1 Å². The van der Waals surface area contributed by atoms with Crippen LogP contribution in [0.1, 0.15) is 26.3 Å². The van der Waals surface area contributed by atoms with Crippen molar-refractivity contribution in [1.82, 2.24) is 5.09 Å². The van der Waals surface area contributed by atoms with Crippen LogP contribution in [0.3, 0.4) is 0 Å². The van der Waals surface area contributed by atoms with E-state index in [0.29, 0.717) is 11.3 Å². The Bertz CT molecular complexity index is 847. The largest absolute Gasteiger partial charge is 0.513 e. The molecule has 1 unspecified atom stereocenters. The van der Waals surface area contributed by atoms with Crippen LogP contribution in [0.15, 0.2) is 54.6 Å². The molecule has 0 heterocycles. The molecule has 2 rings (SSSR count). The van der Waals surface area contributed by atoms with Crippen LogP contribution in [0.2, 0.25) is 0 Å². The maximum Gasteiger partial charge on any atom is 0.513 e. The number of nitrogens with one attached hydrogen (secondary N) is 1. The van der Waals surface area contributed by atoms with Gasteiger partial charge in [0.05, 0.1) is 17.7 Å². The summed E-state index contributed by atoms with van der Waals surface area (Å²) in [6, 6.07) is 15.6. The van der Waals surface area contributed by atoms with E-state index in [2.05, 4.69) is 5.09 Å². The second-order valence-corrected chi connectivity index (χ2v) is 7.58. The van der Waals surface area contributed by atoms with Crippen LogP contribution in [0.5, 0.6) is 11.5 Å². The Morgan fingerprint density at radius 1 is 1.00 bits per heavy atom. The molecule has 7 nitrogen and oxygen atoms in total. The van der Waals surface area contributed by atoms with Crippen LogP contribution in [0, 0.1) is 11.3 Å². The number of carbonyl (C=O) groups is 1. The third-order valence-corrected chi connectivity index (χ3v) is 4.84. The molecule has 27 heavy (non-hydrogen) atoms. The zero-order valence-electron chi connectivity index (χ0n) is 15.3. The highest BCUT2D eigenvalue weighted by Gasteiger charge is 2.34. The Morgan fingerprint density at radius 2 is 1.56 bits per heavy atom. The predicted octanol–water partition coefficient (Wildman–Crippen LogP) is 4.05. The molecule has 0 aliphatic heterocycles. The minimum Gasteiger partial charge on any atom is -0.462 e. The van der Waals surface area contributed by atoms with Crippen molar-refractivity contribution >= 4 is 13.7 Å². The van der Waals surface area contributed by atoms with Crippen LogP contribution in [-0.2, 0) is 14.1 Å². The lowest BCUT2D eigenvalue weighted by Crippen LogP contribution is -2.36. The van der Waals surface area contributed by atoms with Gasteiger partial charge in [0.15, 0.2) is 0 Å². The number of para-hydroxylation sites is 1. The molecule has 0 saturated carbocycles. The summed E-state index contributed by atoms with van der Waals surface area (Å²) in [6.45, 7) is 4.95. The quantitative estimate of drug-likeness (QED) is 0.538. The Hall–Kier alpha value is -2.81. The molecule has 2 aromatic rings. The van der Waals surface area contributed by atoms with Crippen molar-refractivity contribution in [3.8, 4) is 17.6 Å². The zero-order valence-corrected chi connectivity index (χ0v) is 16.2. The summed E-state index contributed by atoms with van der Waals surface area (Å²) in [6.07, 6.45) is -0.310. The van der Waals surface area contributed by atoms with Gasteiger partial charge in [-0.05, 0) is 57.2 Å². The van der Waals surface area contributed by atoms with Gasteiger partial charge in [0, 0.05) is 0 Å². The summed E-state index contributed by atoms with van der Waals surface area (Å²) in [5.74, 6) is -0.0399. The molecular formula is C19H21N2O5P. The highest BCUT2D eigenvalue weighted by Crippen LogP contribution is 2.45. The average molecular weight is 388 g/mol. The van der Waals surface area contributed by atoms with E-state index in [1.54, 1.807) is 44.2 Å². The standard InChI is InChI=1S/C19H21N2O5P/c1-14(2)24-19(22)15(3)21-27(23,25-17-7-5-4-6-8-17)26-18-11-9-16(13-20)10-12-18/h4-12,14-15H,1-3H3,(H,21,23)/t15-,27?/m0/s1. The van der Waals surface area contributed by atoms with E-state index in [0.717, 1.165) is 0 Å².